The van der Waals surface area contributed by atoms with Gasteiger partial charge in [0.15, 0.2) is 0 Å². The van der Waals surface area contributed by atoms with Gasteiger partial charge in [0, 0.05) is 36.9 Å². The Bertz CT molecular complexity index is 656. The Hall–Kier alpha value is -1.78. The van der Waals surface area contributed by atoms with Gasteiger partial charge in [-0.2, -0.15) is 0 Å². The minimum atomic E-state index is -0.904. The molecule has 130 valence electrons. The van der Waals surface area contributed by atoms with Gasteiger partial charge in [-0.1, -0.05) is 18.2 Å². The third-order valence-electron chi connectivity index (χ3n) is 4.97. The summed E-state index contributed by atoms with van der Waals surface area (Å²) in [7, 11) is 0. The fraction of sp³-hybridized carbons (Fsp3) is 0.500. The Kier molecular flexibility index (Phi) is 4.97. The van der Waals surface area contributed by atoms with Crippen LogP contribution >= 0.6 is 0 Å². The van der Waals surface area contributed by atoms with E-state index in [-0.39, 0.29) is 0 Å². The van der Waals surface area contributed by atoms with Crippen molar-refractivity contribution in [1.29, 1.82) is 0 Å². The Morgan fingerprint density at radius 3 is 2.46 bits per heavy atom. The van der Waals surface area contributed by atoms with Crippen molar-refractivity contribution in [1.82, 2.24) is 5.32 Å². The number of hydrogen-bond acceptors (Lipinski definition) is 4. The quantitative estimate of drug-likeness (QED) is 0.883. The molecule has 3 rings (SSSR count). The molecule has 1 aliphatic heterocycles. The van der Waals surface area contributed by atoms with Crippen molar-refractivity contribution < 1.29 is 9.52 Å². The first-order valence-electron chi connectivity index (χ1n) is 8.79. The van der Waals surface area contributed by atoms with Crippen LogP contribution in [0.4, 0.5) is 5.69 Å². The maximum Gasteiger partial charge on any atom is 0.107 e. The van der Waals surface area contributed by atoms with Gasteiger partial charge in [-0.3, -0.25) is 0 Å². The molecule has 1 aromatic carbocycles. The van der Waals surface area contributed by atoms with Crippen LogP contribution in [0.3, 0.4) is 0 Å². The predicted molar refractivity (Wildman–Crippen MR) is 97.4 cm³/mol. The highest BCUT2D eigenvalue weighted by molar-refractivity contribution is 5.46. The second-order valence-corrected chi connectivity index (χ2v) is 7.08. The third kappa shape index (κ3) is 3.82. The van der Waals surface area contributed by atoms with E-state index < -0.39 is 5.60 Å². The second-order valence-electron chi connectivity index (χ2n) is 7.08. The van der Waals surface area contributed by atoms with E-state index in [9.17, 15) is 5.11 Å². The molecule has 1 atom stereocenters. The highest BCUT2D eigenvalue weighted by Crippen LogP contribution is 2.27. The summed E-state index contributed by atoms with van der Waals surface area (Å²) < 4.78 is 5.56. The molecule has 2 heterocycles. The monoisotopic (exact) mass is 328 g/mol. The van der Waals surface area contributed by atoms with Crippen molar-refractivity contribution in [2.24, 2.45) is 0 Å². The zero-order valence-electron chi connectivity index (χ0n) is 14.9. The van der Waals surface area contributed by atoms with Crippen LogP contribution in [0.25, 0.3) is 0 Å². The van der Waals surface area contributed by atoms with Crippen LogP contribution in [0.1, 0.15) is 36.8 Å². The number of furan rings is 1. The summed E-state index contributed by atoms with van der Waals surface area (Å²) in [4.78, 5) is 2.43. The molecule has 1 fully saturated rings. The minimum Gasteiger partial charge on any atom is -0.466 e. The predicted octanol–water partition coefficient (Wildman–Crippen LogP) is 3.36. The molecule has 4 heteroatoms. The Labute approximate surface area is 144 Å². The number of piperidine rings is 1. The average molecular weight is 328 g/mol. The summed E-state index contributed by atoms with van der Waals surface area (Å²) >= 11 is 0. The summed E-state index contributed by atoms with van der Waals surface area (Å²) in [6.45, 7) is 8.33. The fourth-order valence-electron chi connectivity index (χ4n) is 3.58. The molecule has 0 radical (unpaired) electrons. The molecule has 0 amide bonds. The first kappa shape index (κ1) is 17.1. The van der Waals surface area contributed by atoms with E-state index in [1.807, 2.05) is 26.8 Å². The molecule has 1 aliphatic rings. The molecule has 0 aliphatic carbocycles. The summed E-state index contributed by atoms with van der Waals surface area (Å²) in [5.41, 5.74) is 1.28. The zero-order chi connectivity index (χ0) is 17.2. The Morgan fingerprint density at radius 1 is 1.21 bits per heavy atom. The number of rotatable bonds is 5. The summed E-state index contributed by atoms with van der Waals surface area (Å²) in [6.07, 6.45) is 2.18. The smallest absolute Gasteiger partial charge is 0.107 e. The van der Waals surface area contributed by atoms with Gasteiger partial charge in [-0.25, -0.2) is 0 Å². The van der Waals surface area contributed by atoms with E-state index in [2.05, 4.69) is 40.5 Å². The molecule has 0 bridgehead atoms. The maximum atomic E-state index is 10.8. The van der Waals surface area contributed by atoms with Crippen LogP contribution < -0.4 is 10.2 Å². The first-order chi connectivity index (χ1) is 11.5. The van der Waals surface area contributed by atoms with Crippen LogP contribution in [0, 0.1) is 13.8 Å². The number of para-hydroxylation sites is 1. The Balaban J connectivity index is 1.52. The third-order valence-corrected chi connectivity index (χ3v) is 4.97. The molecular formula is C20H28N2O2. The fourth-order valence-corrected chi connectivity index (χ4v) is 3.58. The van der Waals surface area contributed by atoms with Crippen LogP contribution in [-0.4, -0.2) is 30.8 Å². The number of hydrogen-bond donors (Lipinski definition) is 2. The lowest BCUT2D eigenvalue weighted by Gasteiger charge is -2.35. The van der Waals surface area contributed by atoms with Crippen molar-refractivity contribution in [2.75, 3.05) is 24.5 Å². The molecule has 2 aromatic rings. The van der Waals surface area contributed by atoms with Crippen molar-refractivity contribution in [3.8, 4) is 0 Å². The van der Waals surface area contributed by atoms with E-state index >= 15 is 0 Å². The number of aryl methyl sites for hydroxylation is 2. The molecule has 1 unspecified atom stereocenters. The maximum absolute atomic E-state index is 10.8. The van der Waals surface area contributed by atoms with Gasteiger partial charge < -0.3 is 19.7 Å². The number of nitrogens with zero attached hydrogens (tertiary/aromatic N) is 1. The second kappa shape index (κ2) is 6.99. The Morgan fingerprint density at radius 2 is 1.88 bits per heavy atom. The standard InChI is InChI=1S/C20H28N2O2/c1-15-13-19(16(2)24-15)20(3,23)14-21-17-9-11-22(12-10-17)18-7-5-4-6-8-18/h4-8,13,17,21,23H,9-12,14H2,1-3H3. The van der Waals surface area contributed by atoms with E-state index in [0.29, 0.717) is 12.6 Å². The van der Waals surface area contributed by atoms with Crippen molar-refractivity contribution in [2.45, 2.75) is 45.3 Å². The lowest BCUT2D eigenvalue weighted by molar-refractivity contribution is 0.0513. The van der Waals surface area contributed by atoms with Crippen LogP contribution in [-0.2, 0) is 5.60 Å². The highest BCUT2D eigenvalue weighted by atomic mass is 16.3. The van der Waals surface area contributed by atoms with Crippen LogP contribution in [0.15, 0.2) is 40.8 Å². The van der Waals surface area contributed by atoms with Gasteiger partial charge in [0.1, 0.15) is 17.1 Å². The minimum absolute atomic E-state index is 0.449. The summed E-state index contributed by atoms with van der Waals surface area (Å²) in [5, 5.41) is 14.4. The molecule has 24 heavy (non-hydrogen) atoms. The number of anilines is 1. The molecule has 1 aromatic heterocycles. The van der Waals surface area contributed by atoms with E-state index in [1.54, 1.807) is 0 Å². The largest absolute Gasteiger partial charge is 0.466 e. The van der Waals surface area contributed by atoms with Gasteiger partial charge in [0.2, 0.25) is 0 Å². The number of benzene rings is 1. The summed E-state index contributed by atoms with van der Waals surface area (Å²) in [5.74, 6) is 1.65. The van der Waals surface area contributed by atoms with E-state index in [0.717, 1.165) is 43.0 Å². The lowest BCUT2D eigenvalue weighted by Crippen LogP contribution is -2.46. The molecule has 1 saturated heterocycles. The van der Waals surface area contributed by atoms with Crippen LogP contribution in [0.5, 0.6) is 0 Å². The van der Waals surface area contributed by atoms with Gasteiger partial charge in [0.25, 0.3) is 0 Å². The topological polar surface area (TPSA) is 48.6 Å². The van der Waals surface area contributed by atoms with Crippen LogP contribution in [0.2, 0.25) is 0 Å². The number of aliphatic hydroxyl groups is 1. The van der Waals surface area contributed by atoms with Gasteiger partial charge in [-0.15, -0.1) is 0 Å². The lowest BCUT2D eigenvalue weighted by atomic mass is 9.95. The first-order valence-corrected chi connectivity index (χ1v) is 8.79. The normalized spacial score (nSPS) is 18.6. The van der Waals surface area contributed by atoms with Gasteiger partial charge >= 0.3 is 0 Å². The zero-order valence-corrected chi connectivity index (χ0v) is 14.9. The van der Waals surface area contributed by atoms with E-state index in [4.69, 9.17) is 4.42 Å². The molecule has 0 spiro atoms. The van der Waals surface area contributed by atoms with Crippen molar-refractivity contribution >= 4 is 5.69 Å². The van der Waals surface area contributed by atoms with Gasteiger partial charge in [-0.05, 0) is 51.8 Å². The average Bonchev–Trinajstić information content (AvgIpc) is 2.94. The van der Waals surface area contributed by atoms with E-state index in [1.165, 1.54) is 5.69 Å². The van der Waals surface area contributed by atoms with Crippen molar-refractivity contribution in [3.63, 3.8) is 0 Å². The molecule has 0 saturated carbocycles. The number of nitrogens with one attached hydrogen (secondary N) is 1. The SMILES string of the molecule is Cc1cc(C(C)(O)CNC2CCN(c3ccccc3)CC2)c(C)o1. The van der Waals surface area contributed by atoms with Gasteiger partial charge in [0.05, 0.1) is 0 Å². The summed E-state index contributed by atoms with van der Waals surface area (Å²) in [6, 6.07) is 13.0. The highest BCUT2D eigenvalue weighted by Gasteiger charge is 2.29. The molecule has 2 N–H and O–H groups in total. The van der Waals surface area contributed by atoms with Crippen molar-refractivity contribution in [3.05, 3.63) is 53.5 Å². The molecule has 4 nitrogen and oxygen atoms in total. The molecular weight excluding hydrogens is 300 g/mol.